The first kappa shape index (κ1) is 17.8. The second-order valence-electron chi connectivity index (χ2n) is 6.40. The summed E-state index contributed by atoms with van der Waals surface area (Å²) >= 11 is 1.64. The lowest BCUT2D eigenvalue weighted by atomic mass is 10.1. The van der Waals surface area contributed by atoms with Gasteiger partial charge in [0.2, 0.25) is 0 Å². The van der Waals surface area contributed by atoms with Crippen molar-refractivity contribution in [3.05, 3.63) is 58.6 Å². The highest BCUT2D eigenvalue weighted by Crippen LogP contribution is 2.23. The minimum absolute atomic E-state index is 0.0756. The number of rotatable bonds is 5. The molecular formula is C20H21N3O3S. The Bertz CT molecular complexity index is 882. The van der Waals surface area contributed by atoms with Crippen LogP contribution in [0, 0.1) is 0 Å². The average Bonchev–Trinajstić information content (AvgIpc) is 3.40. The first-order valence-corrected chi connectivity index (χ1v) is 9.75. The van der Waals surface area contributed by atoms with Crippen LogP contribution in [0.2, 0.25) is 0 Å². The molecule has 0 atom stereocenters. The topological polar surface area (TPSA) is 58.8 Å². The van der Waals surface area contributed by atoms with Crippen LogP contribution in [0.3, 0.4) is 0 Å². The number of ether oxygens (including phenoxy) is 1. The van der Waals surface area contributed by atoms with Crippen molar-refractivity contribution < 1.29 is 13.9 Å². The number of furan rings is 1. The maximum Gasteiger partial charge on any atom is 0.253 e. The first-order valence-electron chi connectivity index (χ1n) is 8.87. The van der Waals surface area contributed by atoms with Crippen LogP contribution in [0.15, 0.2) is 52.5 Å². The van der Waals surface area contributed by atoms with Crippen molar-refractivity contribution in [2.45, 2.75) is 6.54 Å². The molecule has 0 unspecified atom stereocenters. The predicted octanol–water partition coefficient (Wildman–Crippen LogP) is 3.37. The molecule has 0 bridgehead atoms. The van der Waals surface area contributed by atoms with Crippen molar-refractivity contribution in [2.75, 3.05) is 33.3 Å². The fourth-order valence-electron chi connectivity index (χ4n) is 3.14. The molecule has 6 nitrogen and oxygen atoms in total. The van der Waals surface area contributed by atoms with E-state index in [4.69, 9.17) is 9.15 Å². The molecule has 27 heavy (non-hydrogen) atoms. The van der Waals surface area contributed by atoms with Crippen molar-refractivity contribution in [3.63, 3.8) is 0 Å². The third kappa shape index (κ3) is 4.04. The van der Waals surface area contributed by atoms with Crippen molar-refractivity contribution in [2.24, 2.45) is 0 Å². The molecule has 7 heteroatoms. The third-order valence-electron chi connectivity index (χ3n) is 4.68. The van der Waals surface area contributed by atoms with Gasteiger partial charge in [-0.2, -0.15) is 0 Å². The van der Waals surface area contributed by atoms with Crippen molar-refractivity contribution in [3.8, 4) is 17.2 Å². The molecule has 0 spiro atoms. The maximum atomic E-state index is 12.6. The Balaban J connectivity index is 1.31. The normalized spacial score (nSPS) is 15.1. The minimum atomic E-state index is 0.0756. The Kier molecular flexibility index (Phi) is 5.22. The summed E-state index contributed by atoms with van der Waals surface area (Å²) in [6.07, 6.45) is 1.66. The van der Waals surface area contributed by atoms with E-state index >= 15 is 0 Å². The Labute approximate surface area is 162 Å². The van der Waals surface area contributed by atoms with Crippen LogP contribution in [0.5, 0.6) is 5.75 Å². The number of nitrogens with zero attached hydrogens (tertiary/aromatic N) is 3. The van der Waals surface area contributed by atoms with Crippen molar-refractivity contribution in [1.29, 1.82) is 0 Å². The molecule has 1 aromatic carbocycles. The predicted molar refractivity (Wildman–Crippen MR) is 104 cm³/mol. The number of carbonyl (C=O) groups excluding carboxylic acids is 1. The molecule has 0 radical (unpaired) electrons. The summed E-state index contributed by atoms with van der Waals surface area (Å²) in [7, 11) is 1.62. The third-order valence-corrected chi connectivity index (χ3v) is 5.51. The number of benzene rings is 1. The van der Waals surface area contributed by atoms with Gasteiger partial charge in [0.25, 0.3) is 5.91 Å². The van der Waals surface area contributed by atoms with Gasteiger partial charge in [0.1, 0.15) is 16.5 Å². The number of aromatic nitrogens is 1. The second kappa shape index (κ2) is 7.94. The van der Waals surface area contributed by atoms with Crippen LogP contribution in [0.1, 0.15) is 15.4 Å². The van der Waals surface area contributed by atoms with Crippen LogP contribution < -0.4 is 4.74 Å². The molecule has 140 valence electrons. The SMILES string of the molecule is COc1ccc(C(=O)N2CCN(Cc3nc(-c4ccco4)cs3)CC2)cc1. The van der Waals surface area contributed by atoms with Gasteiger partial charge in [-0.05, 0) is 36.4 Å². The van der Waals surface area contributed by atoms with Crippen LogP contribution in [0.25, 0.3) is 11.5 Å². The lowest BCUT2D eigenvalue weighted by Gasteiger charge is -2.34. The van der Waals surface area contributed by atoms with E-state index in [1.807, 2.05) is 46.7 Å². The quantitative estimate of drug-likeness (QED) is 0.676. The maximum absolute atomic E-state index is 12.6. The molecule has 1 saturated heterocycles. The summed E-state index contributed by atoms with van der Waals surface area (Å²) < 4.78 is 10.5. The van der Waals surface area contributed by atoms with E-state index in [1.54, 1.807) is 24.7 Å². The molecule has 1 aliphatic heterocycles. The average molecular weight is 383 g/mol. The Morgan fingerprint density at radius 1 is 1.19 bits per heavy atom. The summed E-state index contributed by atoms with van der Waals surface area (Å²) in [4.78, 5) is 21.5. The summed E-state index contributed by atoms with van der Waals surface area (Å²) in [6.45, 7) is 3.94. The van der Waals surface area contributed by atoms with Gasteiger partial charge >= 0.3 is 0 Å². The Hall–Kier alpha value is -2.64. The molecule has 1 fully saturated rings. The number of carbonyl (C=O) groups is 1. The number of piperazine rings is 1. The standard InChI is InChI=1S/C20H21N3O3S/c1-25-16-6-4-15(5-7-16)20(24)23-10-8-22(9-11-23)13-19-21-17(14-27-19)18-3-2-12-26-18/h2-7,12,14H,8-11,13H2,1H3. The molecule has 0 saturated carbocycles. The minimum Gasteiger partial charge on any atom is -0.497 e. The highest BCUT2D eigenvalue weighted by atomic mass is 32.1. The molecule has 1 amide bonds. The van der Waals surface area contributed by atoms with Gasteiger partial charge in [0.15, 0.2) is 5.76 Å². The molecule has 0 aliphatic carbocycles. The van der Waals surface area contributed by atoms with Crippen LogP contribution in [-0.4, -0.2) is 54.0 Å². The summed E-state index contributed by atoms with van der Waals surface area (Å²) in [5, 5.41) is 3.09. The molecule has 2 aromatic heterocycles. The number of amides is 1. The van der Waals surface area contributed by atoms with Gasteiger partial charge < -0.3 is 14.1 Å². The zero-order valence-electron chi connectivity index (χ0n) is 15.1. The van der Waals surface area contributed by atoms with Crippen LogP contribution in [0.4, 0.5) is 0 Å². The molecule has 1 aliphatic rings. The van der Waals surface area contributed by atoms with E-state index in [-0.39, 0.29) is 5.91 Å². The van der Waals surface area contributed by atoms with E-state index < -0.39 is 0 Å². The first-order chi connectivity index (χ1) is 13.2. The smallest absolute Gasteiger partial charge is 0.253 e. The van der Waals surface area contributed by atoms with Crippen molar-refractivity contribution in [1.82, 2.24) is 14.8 Å². The van der Waals surface area contributed by atoms with Gasteiger partial charge in [-0.25, -0.2) is 4.98 Å². The second-order valence-corrected chi connectivity index (χ2v) is 7.34. The van der Waals surface area contributed by atoms with E-state index in [0.29, 0.717) is 5.56 Å². The number of thiazole rings is 1. The van der Waals surface area contributed by atoms with Gasteiger partial charge in [0.05, 0.1) is 19.9 Å². The van der Waals surface area contributed by atoms with E-state index in [9.17, 15) is 4.79 Å². The molecule has 3 heterocycles. The zero-order chi connectivity index (χ0) is 18.6. The lowest BCUT2D eigenvalue weighted by Crippen LogP contribution is -2.48. The van der Waals surface area contributed by atoms with Crippen molar-refractivity contribution >= 4 is 17.2 Å². The summed E-state index contributed by atoms with van der Waals surface area (Å²) in [5.41, 5.74) is 1.58. The lowest BCUT2D eigenvalue weighted by molar-refractivity contribution is 0.0628. The number of methoxy groups -OCH3 is 1. The highest BCUT2D eigenvalue weighted by Gasteiger charge is 2.23. The highest BCUT2D eigenvalue weighted by molar-refractivity contribution is 7.09. The van der Waals surface area contributed by atoms with Crippen LogP contribution in [-0.2, 0) is 6.54 Å². The fourth-order valence-corrected chi connectivity index (χ4v) is 3.96. The fraction of sp³-hybridized carbons (Fsp3) is 0.300. The van der Waals surface area contributed by atoms with E-state index in [0.717, 1.165) is 54.9 Å². The number of hydrogen-bond acceptors (Lipinski definition) is 6. The summed E-state index contributed by atoms with van der Waals surface area (Å²) in [6, 6.07) is 11.1. The number of hydrogen-bond donors (Lipinski definition) is 0. The van der Waals surface area contributed by atoms with Gasteiger partial charge in [0, 0.05) is 37.1 Å². The van der Waals surface area contributed by atoms with Gasteiger partial charge in [-0.15, -0.1) is 11.3 Å². The van der Waals surface area contributed by atoms with E-state index in [1.165, 1.54) is 0 Å². The molecule has 3 aromatic rings. The largest absolute Gasteiger partial charge is 0.497 e. The van der Waals surface area contributed by atoms with E-state index in [2.05, 4.69) is 9.88 Å². The Morgan fingerprint density at radius 3 is 2.63 bits per heavy atom. The monoisotopic (exact) mass is 383 g/mol. The summed E-state index contributed by atoms with van der Waals surface area (Å²) in [5.74, 6) is 1.63. The van der Waals surface area contributed by atoms with Gasteiger partial charge in [-0.3, -0.25) is 9.69 Å². The molecular weight excluding hydrogens is 362 g/mol. The Morgan fingerprint density at radius 2 is 1.96 bits per heavy atom. The van der Waals surface area contributed by atoms with Gasteiger partial charge in [-0.1, -0.05) is 0 Å². The zero-order valence-corrected chi connectivity index (χ0v) is 15.9. The molecule has 4 rings (SSSR count). The molecule has 0 N–H and O–H groups in total. The van der Waals surface area contributed by atoms with Crippen LogP contribution >= 0.6 is 11.3 Å².